The molecule has 6 nitrogen and oxygen atoms in total. The Kier molecular flexibility index (Phi) is 7.22. The Balaban J connectivity index is 1.68. The van der Waals surface area contributed by atoms with Crippen molar-refractivity contribution in [1.29, 1.82) is 0 Å². The molecule has 0 saturated carbocycles. The predicted molar refractivity (Wildman–Crippen MR) is 141 cm³/mol. The lowest BCUT2D eigenvalue weighted by atomic mass is 10.0. The number of fused-ring (bicyclic) bond motifs is 3. The topological polar surface area (TPSA) is 66.0 Å². The van der Waals surface area contributed by atoms with Crippen LogP contribution in [0.1, 0.15) is 35.9 Å². The van der Waals surface area contributed by atoms with E-state index in [2.05, 4.69) is 54.5 Å². The number of hydrogen-bond acceptors (Lipinski definition) is 6. The third-order valence-corrected chi connectivity index (χ3v) is 6.24. The summed E-state index contributed by atoms with van der Waals surface area (Å²) in [6.07, 6.45) is 5.33. The molecule has 1 aliphatic rings. The highest BCUT2D eigenvalue weighted by atomic mass is 35.5. The van der Waals surface area contributed by atoms with Gasteiger partial charge in [0.2, 0.25) is 5.95 Å². The molecule has 0 unspecified atom stereocenters. The Bertz CT molecular complexity index is 1190. The first kappa shape index (κ1) is 23.5. The van der Waals surface area contributed by atoms with Crippen molar-refractivity contribution in [2.24, 2.45) is 0 Å². The second-order valence-electron chi connectivity index (χ2n) is 8.59. The Morgan fingerprint density at radius 1 is 1.21 bits per heavy atom. The van der Waals surface area contributed by atoms with E-state index in [-0.39, 0.29) is 0 Å². The highest BCUT2D eigenvalue weighted by Crippen LogP contribution is 2.35. The van der Waals surface area contributed by atoms with Crippen LogP contribution in [0.4, 0.5) is 17.3 Å². The molecule has 33 heavy (non-hydrogen) atoms. The Morgan fingerprint density at radius 3 is 2.79 bits per heavy atom. The van der Waals surface area contributed by atoms with E-state index in [0.717, 1.165) is 70.4 Å². The van der Waals surface area contributed by atoms with Gasteiger partial charge in [0.25, 0.3) is 0 Å². The first-order chi connectivity index (χ1) is 15.8. The Morgan fingerprint density at radius 2 is 2.03 bits per heavy atom. The zero-order valence-electron chi connectivity index (χ0n) is 19.5. The van der Waals surface area contributed by atoms with E-state index in [1.807, 2.05) is 24.4 Å². The summed E-state index contributed by atoms with van der Waals surface area (Å²) in [5.74, 6) is 0.544. The molecule has 0 atom stereocenters. The summed E-state index contributed by atoms with van der Waals surface area (Å²) < 4.78 is 0. The van der Waals surface area contributed by atoms with Crippen LogP contribution in [0.2, 0.25) is 5.02 Å². The number of halogens is 1. The summed E-state index contributed by atoms with van der Waals surface area (Å²) >= 11 is 11.7. The molecule has 172 valence electrons. The lowest BCUT2D eigenvalue weighted by molar-refractivity contribution is 0.400. The number of pyridine rings is 1. The van der Waals surface area contributed by atoms with E-state index in [9.17, 15) is 0 Å². The zero-order chi connectivity index (χ0) is 23.5. The fraction of sp³-hybridized carbons (Fsp3) is 0.360. The van der Waals surface area contributed by atoms with Crippen molar-refractivity contribution >= 4 is 46.1 Å². The Labute approximate surface area is 205 Å². The summed E-state index contributed by atoms with van der Waals surface area (Å²) in [5.41, 5.74) is 7.98. The van der Waals surface area contributed by atoms with Crippen LogP contribution in [-0.4, -0.2) is 45.5 Å². The molecule has 3 aromatic rings. The third-order valence-electron chi connectivity index (χ3n) is 5.76. The van der Waals surface area contributed by atoms with Crippen molar-refractivity contribution in [3.05, 3.63) is 58.0 Å². The van der Waals surface area contributed by atoms with Gasteiger partial charge < -0.3 is 15.5 Å². The average Bonchev–Trinajstić information content (AvgIpc) is 2.89. The number of hydrogen-bond donors (Lipinski definition) is 2. The summed E-state index contributed by atoms with van der Waals surface area (Å²) in [4.78, 5) is 17.3. The van der Waals surface area contributed by atoms with Crippen LogP contribution in [0.5, 0.6) is 0 Å². The number of thiocarbonyl (C=S) groups is 1. The maximum Gasteiger partial charge on any atom is 0.227 e. The highest BCUT2D eigenvalue weighted by molar-refractivity contribution is 7.80. The second kappa shape index (κ2) is 10.1. The summed E-state index contributed by atoms with van der Waals surface area (Å²) in [6.45, 7) is 5.25. The van der Waals surface area contributed by atoms with Gasteiger partial charge in [-0.15, -0.1) is 0 Å². The summed E-state index contributed by atoms with van der Waals surface area (Å²) in [6, 6.07) is 7.93. The molecule has 0 aliphatic carbocycles. The molecule has 2 aromatic heterocycles. The summed E-state index contributed by atoms with van der Waals surface area (Å²) in [7, 11) is 4.20. The monoisotopic (exact) mass is 480 g/mol. The van der Waals surface area contributed by atoms with Crippen LogP contribution < -0.4 is 10.6 Å². The number of aryl methyl sites for hydroxylation is 3. The van der Waals surface area contributed by atoms with E-state index in [4.69, 9.17) is 33.8 Å². The molecule has 4 rings (SSSR count). The second-order valence-corrected chi connectivity index (χ2v) is 9.52. The minimum Gasteiger partial charge on any atom is -0.349 e. The van der Waals surface area contributed by atoms with Crippen molar-refractivity contribution < 1.29 is 0 Å². The number of benzene rings is 1. The maximum absolute atomic E-state index is 6.22. The molecule has 2 N–H and O–H groups in total. The van der Waals surface area contributed by atoms with Crippen LogP contribution in [0.15, 0.2) is 30.5 Å². The standard InChI is InChI=1S/C25H29ClN6S/c1-5-20-22(11-16(15(2)28-20)7-6-10-32(3)4)30-25-27-14-17-12-23(33)29-21-13-18(26)8-9-19(21)24(17)31-25/h8-9,11,13-14H,5-7,10,12H2,1-4H3,(H,29,33)(H,27,30,31). The van der Waals surface area contributed by atoms with Crippen molar-refractivity contribution in [2.45, 2.75) is 39.5 Å². The van der Waals surface area contributed by atoms with Gasteiger partial charge in [0.15, 0.2) is 0 Å². The molecule has 3 heterocycles. The minimum absolute atomic E-state index is 0.544. The summed E-state index contributed by atoms with van der Waals surface area (Å²) in [5, 5.41) is 7.38. The quantitative estimate of drug-likeness (QED) is 0.427. The predicted octanol–water partition coefficient (Wildman–Crippen LogP) is 5.60. The van der Waals surface area contributed by atoms with Gasteiger partial charge in [-0.1, -0.05) is 30.7 Å². The number of rotatable bonds is 7. The molecule has 8 heteroatoms. The number of nitrogens with one attached hydrogen (secondary N) is 2. The van der Waals surface area contributed by atoms with E-state index in [1.165, 1.54) is 5.56 Å². The van der Waals surface area contributed by atoms with Gasteiger partial charge >= 0.3 is 0 Å². The smallest absolute Gasteiger partial charge is 0.227 e. The molecule has 0 spiro atoms. The van der Waals surface area contributed by atoms with Gasteiger partial charge in [0.1, 0.15) is 0 Å². The zero-order valence-corrected chi connectivity index (χ0v) is 21.1. The van der Waals surface area contributed by atoms with Crippen molar-refractivity contribution in [2.75, 3.05) is 31.3 Å². The van der Waals surface area contributed by atoms with Crippen LogP contribution in [-0.2, 0) is 19.3 Å². The van der Waals surface area contributed by atoms with Crippen molar-refractivity contribution in [3.63, 3.8) is 0 Å². The van der Waals surface area contributed by atoms with Gasteiger partial charge in [-0.25, -0.2) is 9.97 Å². The molecular formula is C25H29ClN6S. The first-order valence-electron chi connectivity index (χ1n) is 11.2. The molecule has 1 aromatic carbocycles. The van der Waals surface area contributed by atoms with Crippen LogP contribution >= 0.6 is 23.8 Å². The molecule has 0 fully saturated rings. The van der Waals surface area contributed by atoms with Gasteiger partial charge in [0, 0.05) is 40.1 Å². The maximum atomic E-state index is 6.22. The molecule has 1 aliphatic heterocycles. The van der Waals surface area contributed by atoms with Crippen LogP contribution in [0.3, 0.4) is 0 Å². The largest absolute Gasteiger partial charge is 0.349 e. The van der Waals surface area contributed by atoms with E-state index < -0.39 is 0 Å². The van der Waals surface area contributed by atoms with Gasteiger partial charge in [-0.3, -0.25) is 4.98 Å². The molecule has 0 bridgehead atoms. The minimum atomic E-state index is 0.544. The average molecular weight is 481 g/mol. The fourth-order valence-electron chi connectivity index (χ4n) is 4.06. The molecule has 0 radical (unpaired) electrons. The first-order valence-corrected chi connectivity index (χ1v) is 12.0. The molecule has 0 amide bonds. The molecule has 0 saturated heterocycles. The van der Waals surface area contributed by atoms with Crippen LogP contribution in [0.25, 0.3) is 11.3 Å². The lowest BCUT2D eigenvalue weighted by Crippen LogP contribution is -2.14. The van der Waals surface area contributed by atoms with Crippen molar-refractivity contribution in [3.8, 4) is 11.3 Å². The van der Waals surface area contributed by atoms with E-state index in [0.29, 0.717) is 17.4 Å². The van der Waals surface area contributed by atoms with Gasteiger partial charge in [-0.05, 0) is 76.7 Å². The van der Waals surface area contributed by atoms with Crippen molar-refractivity contribution in [1.82, 2.24) is 19.9 Å². The molecular weight excluding hydrogens is 452 g/mol. The number of nitrogens with zero attached hydrogens (tertiary/aromatic N) is 4. The SMILES string of the molecule is CCc1nc(C)c(CCCN(C)C)cc1Nc1ncc2c(n1)-c1ccc(Cl)cc1NC(=S)C2. The lowest BCUT2D eigenvalue weighted by Gasteiger charge is -2.16. The number of anilines is 3. The number of aromatic nitrogens is 3. The fourth-order valence-corrected chi connectivity index (χ4v) is 4.49. The highest BCUT2D eigenvalue weighted by Gasteiger charge is 2.20. The third kappa shape index (κ3) is 5.49. The van der Waals surface area contributed by atoms with E-state index >= 15 is 0 Å². The van der Waals surface area contributed by atoms with E-state index in [1.54, 1.807) is 0 Å². The van der Waals surface area contributed by atoms with Gasteiger partial charge in [0.05, 0.1) is 22.1 Å². The normalized spacial score (nSPS) is 12.7. The Hall–Kier alpha value is -2.61. The van der Waals surface area contributed by atoms with Crippen LogP contribution in [0, 0.1) is 6.92 Å². The van der Waals surface area contributed by atoms with Gasteiger partial charge in [-0.2, -0.15) is 0 Å².